The Balaban J connectivity index is 0.00000264. The molecule has 3 N–H and O–H groups in total. The van der Waals surface area contributed by atoms with Crippen molar-refractivity contribution < 1.29 is 9.47 Å². The summed E-state index contributed by atoms with van der Waals surface area (Å²) in [6.45, 7) is 1.04. The maximum absolute atomic E-state index is 5.87. The topological polar surface area (TPSA) is 86.7 Å². The number of aromatic nitrogens is 2. The van der Waals surface area contributed by atoms with Gasteiger partial charge in [0, 0.05) is 13.2 Å². The lowest BCUT2D eigenvalue weighted by Crippen LogP contribution is -2.31. The van der Waals surface area contributed by atoms with Gasteiger partial charge in [-0.25, -0.2) is 4.99 Å². The van der Waals surface area contributed by atoms with Crippen molar-refractivity contribution in [2.45, 2.75) is 13.1 Å². The Labute approximate surface area is 152 Å². The third-order valence-corrected chi connectivity index (χ3v) is 3.25. The fraction of sp³-hybridized carbons (Fsp3) is 0.333. The van der Waals surface area contributed by atoms with Gasteiger partial charge in [-0.2, -0.15) is 5.10 Å². The molecule has 0 aliphatic carbocycles. The van der Waals surface area contributed by atoms with Crippen LogP contribution in [0.3, 0.4) is 0 Å². The van der Waals surface area contributed by atoms with Crippen LogP contribution in [0.5, 0.6) is 11.5 Å². The second-order valence-corrected chi connectivity index (χ2v) is 4.69. The summed E-state index contributed by atoms with van der Waals surface area (Å²) in [5.74, 6) is 1.75. The minimum Gasteiger partial charge on any atom is -0.493 e. The number of nitrogens with zero attached hydrogens (tertiary/aromatic N) is 3. The summed E-state index contributed by atoms with van der Waals surface area (Å²) in [6, 6.07) is 7.59. The maximum atomic E-state index is 5.87. The number of nitrogens with two attached hydrogens (primary N) is 1. The Morgan fingerprint density at radius 2 is 2.00 bits per heavy atom. The Morgan fingerprint density at radius 1 is 1.26 bits per heavy atom. The van der Waals surface area contributed by atoms with Crippen molar-refractivity contribution >= 4 is 29.9 Å². The fourth-order valence-electron chi connectivity index (χ4n) is 1.97. The number of methoxy groups -OCH3 is 2. The molecule has 2 rings (SSSR count). The van der Waals surface area contributed by atoms with Gasteiger partial charge in [-0.3, -0.25) is 4.68 Å². The lowest BCUT2D eigenvalue weighted by molar-refractivity contribution is 0.354. The van der Waals surface area contributed by atoms with Gasteiger partial charge in [-0.05, 0) is 23.8 Å². The van der Waals surface area contributed by atoms with Crippen molar-refractivity contribution in [1.82, 2.24) is 15.1 Å². The molecule has 0 radical (unpaired) electrons. The number of hydrogen-bond donors (Lipinski definition) is 2. The summed E-state index contributed by atoms with van der Waals surface area (Å²) in [6.07, 6.45) is 1.74. The van der Waals surface area contributed by atoms with E-state index in [0.717, 1.165) is 11.3 Å². The summed E-state index contributed by atoms with van der Waals surface area (Å²) in [4.78, 5) is 4.31. The van der Waals surface area contributed by atoms with Gasteiger partial charge in [0.1, 0.15) is 0 Å². The highest BCUT2D eigenvalue weighted by molar-refractivity contribution is 14.0. The van der Waals surface area contributed by atoms with Gasteiger partial charge in [-0.15, -0.1) is 24.0 Å². The minimum atomic E-state index is 0. The third kappa shape index (κ3) is 5.31. The average Bonchev–Trinajstić information content (AvgIpc) is 2.95. The molecular formula is C15H22IN5O2. The molecule has 0 saturated carbocycles. The van der Waals surface area contributed by atoms with Crippen LogP contribution >= 0.6 is 24.0 Å². The third-order valence-electron chi connectivity index (χ3n) is 3.25. The first-order valence-corrected chi connectivity index (χ1v) is 6.85. The zero-order chi connectivity index (χ0) is 15.9. The molecule has 0 fully saturated rings. The first-order valence-electron chi connectivity index (χ1n) is 6.85. The van der Waals surface area contributed by atoms with Crippen LogP contribution in [0, 0.1) is 0 Å². The quantitative estimate of drug-likeness (QED) is 0.413. The van der Waals surface area contributed by atoms with E-state index in [0.29, 0.717) is 30.5 Å². The molecule has 0 spiro atoms. The van der Waals surface area contributed by atoms with Gasteiger partial charge in [0.2, 0.25) is 0 Å². The number of ether oxygens (including phenoxy) is 2. The standard InChI is InChI=1S/C15H21N5O2.HI/c1-20-12(6-7-19-20)10-18-15(16)17-9-11-4-5-13(21-2)14(8-11)22-3;/h4-8H,9-10H2,1-3H3,(H3,16,17,18);1H. The Morgan fingerprint density at radius 3 is 2.61 bits per heavy atom. The maximum Gasteiger partial charge on any atom is 0.189 e. The largest absolute Gasteiger partial charge is 0.493 e. The Hall–Kier alpha value is -1.97. The predicted octanol–water partition coefficient (Wildman–Crippen LogP) is 1.66. The summed E-state index contributed by atoms with van der Waals surface area (Å²) >= 11 is 0. The normalized spacial score (nSPS) is 10.8. The molecule has 0 saturated heterocycles. The lowest BCUT2D eigenvalue weighted by atomic mass is 10.2. The van der Waals surface area contributed by atoms with Crippen molar-refractivity contribution in [2.75, 3.05) is 14.2 Å². The van der Waals surface area contributed by atoms with E-state index in [9.17, 15) is 0 Å². The molecule has 8 heteroatoms. The first kappa shape index (κ1) is 19.1. The van der Waals surface area contributed by atoms with Gasteiger partial charge < -0.3 is 20.5 Å². The zero-order valence-corrected chi connectivity index (χ0v) is 15.8. The second-order valence-electron chi connectivity index (χ2n) is 4.69. The molecule has 1 aromatic heterocycles. The molecule has 126 valence electrons. The molecule has 2 aromatic rings. The van der Waals surface area contributed by atoms with Crippen molar-refractivity contribution in [3.05, 3.63) is 41.7 Å². The monoisotopic (exact) mass is 431 g/mol. The van der Waals surface area contributed by atoms with Crippen LogP contribution in [0.4, 0.5) is 0 Å². The smallest absolute Gasteiger partial charge is 0.189 e. The van der Waals surface area contributed by atoms with E-state index in [4.69, 9.17) is 15.2 Å². The van der Waals surface area contributed by atoms with E-state index in [1.807, 2.05) is 31.3 Å². The SMILES string of the molecule is COc1ccc(CN=C(N)NCc2ccnn2C)cc1OC.I. The van der Waals surface area contributed by atoms with Crippen LogP contribution in [-0.4, -0.2) is 30.0 Å². The Kier molecular flexibility index (Phi) is 7.66. The number of aryl methyl sites for hydroxylation is 1. The summed E-state index contributed by atoms with van der Waals surface area (Å²) in [5, 5.41) is 7.15. The minimum absolute atomic E-state index is 0. The van der Waals surface area contributed by atoms with Crippen LogP contribution in [0.15, 0.2) is 35.5 Å². The molecular weight excluding hydrogens is 409 g/mol. The molecule has 0 bridgehead atoms. The predicted molar refractivity (Wildman–Crippen MR) is 100 cm³/mol. The molecule has 23 heavy (non-hydrogen) atoms. The van der Waals surface area contributed by atoms with Crippen LogP contribution < -0.4 is 20.5 Å². The number of benzene rings is 1. The summed E-state index contributed by atoms with van der Waals surface area (Å²) in [5.41, 5.74) is 7.89. The molecule has 1 aromatic carbocycles. The van der Waals surface area contributed by atoms with E-state index in [2.05, 4.69) is 15.4 Å². The molecule has 0 unspecified atom stereocenters. The van der Waals surface area contributed by atoms with Gasteiger partial charge in [0.25, 0.3) is 0 Å². The first-order chi connectivity index (χ1) is 10.6. The number of guanidine groups is 1. The molecule has 7 nitrogen and oxygen atoms in total. The van der Waals surface area contributed by atoms with E-state index >= 15 is 0 Å². The van der Waals surface area contributed by atoms with Crippen LogP contribution in [0.2, 0.25) is 0 Å². The lowest BCUT2D eigenvalue weighted by Gasteiger charge is -2.09. The number of aliphatic imine (C=N–C) groups is 1. The zero-order valence-electron chi connectivity index (χ0n) is 13.4. The number of nitrogens with one attached hydrogen (secondary N) is 1. The Bertz CT molecular complexity index is 657. The molecule has 0 aliphatic heterocycles. The molecule has 0 atom stereocenters. The summed E-state index contributed by atoms with van der Waals surface area (Å²) < 4.78 is 12.3. The van der Waals surface area contributed by atoms with Gasteiger partial charge in [0.05, 0.1) is 33.0 Å². The van der Waals surface area contributed by atoms with E-state index < -0.39 is 0 Å². The fourth-order valence-corrected chi connectivity index (χ4v) is 1.97. The van der Waals surface area contributed by atoms with Crippen LogP contribution in [0.25, 0.3) is 0 Å². The van der Waals surface area contributed by atoms with Crippen molar-refractivity contribution in [1.29, 1.82) is 0 Å². The van der Waals surface area contributed by atoms with Crippen molar-refractivity contribution in [2.24, 2.45) is 17.8 Å². The van der Waals surface area contributed by atoms with Crippen molar-refractivity contribution in [3.63, 3.8) is 0 Å². The molecule has 0 amide bonds. The highest BCUT2D eigenvalue weighted by Crippen LogP contribution is 2.27. The average molecular weight is 431 g/mol. The van der Waals surface area contributed by atoms with E-state index in [1.54, 1.807) is 25.1 Å². The highest BCUT2D eigenvalue weighted by Gasteiger charge is 2.04. The number of hydrogen-bond acceptors (Lipinski definition) is 4. The highest BCUT2D eigenvalue weighted by atomic mass is 127. The summed E-state index contributed by atoms with van der Waals surface area (Å²) in [7, 11) is 5.10. The number of halogens is 1. The van der Waals surface area contributed by atoms with Crippen LogP contribution in [0.1, 0.15) is 11.3 Å². The van der Waals surface area contributed by atoms with Gasteiger partial charge in [-0.1, -0.05) is 6.07 Å². The van der Waals surface area contributed by atoms with Crippen LogP contribution in [-0.2, 0) is 20.1 Å². The second kappa shape index (κ2) is 9.23. The van der Waals surface area contributed by atoms with Crippen molar-refractivity contribution in [3.8, 4) is 11.5 Å². The molecule has 0 aliphatic rings. The van der Waals surface area contributed by atoms with Gasteiger partial charge in [0.15, 0.2) is 17.5 Å². The van der Waals surface area contributed by atoms with Gasteiger partial charge >= 0.3 is 0 Å². The number of rotatable bonds is 6. The van der Waals surface area contributed by atoms with E-state index in [1.165, 1.54) is 0 Å². The molecule has 1 heterocycles. The van der Waals surface area contributed by atoms with E-state index in [-0.39, 0.29) is 24.0 Å².